The molecule has 4 nitrogen and oxygen atoms in total. The van der Waals surface area contributed by atoms with Crippen LogP contribution in [0.4, 0.5) is 5.69 Å². The van der Waals surface area contributed by atoms with Gasteiger partial charge in [0.15, 0.2) is 5.17 Å². The van der Waals surface area contributed by atoms with Crippen molar-refractivity contribution < 1.29 is 9.47 Å². The average Bonchev–Trinajstić information content (AvgIpc) is 2.83. The van der Waals surface area contributed by atoms with Gasteiger partial charge in [0.1, 0.15) is 5.75 Å². The van der Waals surface area contributed by atoms with E-state index in [0.717, 1.165) is 29.3 Å². The maximum absolute atomic E-state index is 7.97. The number of rotatable bonds is 4. The van der Waals surface area contributed by atoms with Gasteiger partial charge in [0.25, 0.3) is 0 Å². The Labute approximate surface area is 112 Å². The third kappa shape index (κ3) is 2.47. The van der Waals surface area contributed by atoms with Crippen molar-refractivity contribution in [2.45, 2.75) is 13.0 Å². The van der Waals surface area contributed by atoms with Crippen molar-refractivity contribution in [1.82, 2.24) is 0 Å². The van der Waals surface area contributed by atoms with Gasteiger partial charge in [0, 0.05) is 31.0 Å². The highest BCUT2D eigenvalue weighted by Gasteiger charge is 2.24. The largest absolute Gasteiger partial charge is 0.497 e. The van der Waals surface area contributed by atoms with Crippen molar-refractivity contribution in [2.24, 2.45) is 0 Å². The highest BCUT2D eigenvalue weighted by molar-refractivity contribution is 8.14. The van der Waals surface area contributed by atoms with Crippen LogP contribution < -0.4 is 9.64 Å². The van der Waals surface area contributed by atoms with Crippen molar-refractivity contribution >= 4 is 22.6 Å². The van der Waals surface area contributed by atoms with Crippen molar-refractivity contribution in [2.75, 3.05) is 31.4 Å². The number of nitrogens with one attached hydrogen (secondary N) is 1. The molecule has 1 N–H and O–H groups in total. The zero-order valence-corrected chi connectivity index (χ0v) is 11.7. The topological polar surface area (TPSA) is 45.6 Å². The van der Waals surface area contributed by atoms with Crippen molar-refractivity contribution in [1.29, 1.82) is 5.41 Å². The van der Waals surface area contributed by atoms with Gasteiger partial charge in [0.05, 0.1) is 18.9 Å². The molecule has 1 saturated heterocycles. The Bertz CT molecular complexity index is 451. The van der Waals surface area contributed by atoms with Gasteiger partial charge in [-0.1, -0.05) is 17.8 Å². The minimum absolute atomic E-state index is 0.00399. The van der Waals surface area contributed by atoms with Crippen LogP contribution in [0.15, 0.2) is 18.2 Å². The first kappa shape index (κ1) is 13.2. The van der Waals surface area contributed by atoms with Crippen LogP contribution in [0.1, 0.15) is 18.6 Å². The van der Waals surface area contributed by atoms with Crippen LogP contribution in [0.5, 0.6) is 5.75 Å². The summed E-state index contributed by atoms with van der Waals surface area (Å²) in [5, 5.41) is 8.56. The van der Waals surface area contributed by atoms with Gasteiger partial charge in [0.2, 0.25) is 0 Å². The molecule has 0 radical (unpaired) electrons. The highest BCUT2D eigenvalue weighted by atomic mass is 32.2. The zero-order chi connectivity index (χ0) is 13.1. The number of ether oxygens (including phenoxy) is 2. The highest BCUT2D eigenvalue weighted by Crippen LogP contribution is 2.35. The summed E-state index contributed by atoms with van der Waals surface area (Å²) in [4.78, 5) is 2.01. The average molecular weight is 266 g/mol. The second kappa shape index (κ2) is 5.63. The second-order valence-electron chi connectivity index (χ2n) is 4.11. The lowest BCUT2D eigenvalue weighted by Crippen LogP contribution is -2.24. The predicted molar refractivity (Wildman–Crippen MR) is 75.9 cm³/mol. The van der Waals surface area contributed by atoms with Gasteiger partial charge < -0.3 is 14.4 Å². The summed E-state index contributed by atoms with van der Waals surface area (Å²) in [7, 11) is 3.35. The third-order valence-electron chi connectivity index (χ3n) is 3.12. The summed E-state index contributed by atoms with van der Waals surface area (Å²) in [6.45, 7) is 2.87. The van der Waals surface area contributed by atoms with Crippen LogP contribution in [0.2, 0.25) is 0 Å². The van der Waals surface area contributed by atoms with Crippen LogP contribution in [-0.4, -0.2) is 31.7 Å². The number of anilines is 1. The van der Waals surface area contributed by atoms with Crippen LogP contribution in [-0.2, 0) is 4.74 Å². The van der Waals surface area contributed by atoms with E-state index < -0.39 is 0 Å². The zero-order valence-electron chi connectivity index (χ0n) is 10.9. The van der Waals surface area contributed by atoms with Gasteiger partial charge in [-0.25, -0.2) is 0 Å². The van der Waals surface area contributed by atoms with E-state index in [4.69, 9.17) is 14.9 Å². The lowest BCUT2D eigenvalue weighted by Gasteiger charge is -2.23. The van der Waals surface area contributed by atoms with Crippen molar-refractivity contribution in [3.05, 3.63) is 23.8 Å². The lowest BCUT2D eigenvalue weighted by atomic mass is 10.1. The molecule has 1 atom stereocenters. The van der Waals surface area contributed by atoms with E-state index in [1.54, 1.807) is 26.0 Å². The van der Waals surface area contributed by atoms with E-state index >= 15 is 0 Å². The first-order chi connectivity index (χ1) is 8.67. The molecular weight excluding hydrogens is 248 g/mol. The Kier molecular flexibility index (Phi) is 4.14. The molecule has 0 saturated carbocycles. The monoisotopic (exact) mass is 266 g/mol. The summed E-state index contributed by atoms with van der Waals surface area (Å²) in [5.41, 5.74) is 2.10. The summed E-state index contributed by atoms with van der Waals surface area (Å²) in [6.07, 6.45) is 0.00399. The van der Waals surface area contributed by atoms with E-state index in [9.17, 15) is 0 Å². The van der Waals surface area contributed by atoms with Gasteiger partial charge >= 0.3 is 0 Å². The number of thioether (sulfide) groups is 1. The second-order valence-corrected chi connectivity index (χ2v) is 5.19. The number of hydrogen-bond acceptors (Lipinski definition) is 4. The number of methoxy groups -OCH3 is 2. The quantitative estimate of drug-likeness (QED) is 0.910. The maximum atomic E-state index is 7.97. The predicted octanol–water partition coefficient (Wildman–Crippen LogP) is 2.89. The number of amidine groups is 1. The summed E-state index contributed by atoms with van der Waals surface area (Å²) in [6, 6.07) is 5.92. The lowest BCUT2D eigenvalue weighted by molar-refractivity contribution is 0.120. The van der Waals surface area contributed by atoms with Crippen molar-refractivity contribution in [3.8, 4) is 5.75 Å². The fourth-order valence-electron chi connectivity index (χ4n) is 2.00. The summed E-state index contributed by atoms with van der Waals surface area (Å²) < 4.78 is 10.7. The molecule has 98 valence electrons. The molecule has 1 unspecified atom stereocenters. The molecule has 2 rings (SSSR count). The molecule has 1 aliphatic rings. The number of hydrogen-bond donors (Lipinski definition) is 1. The Morgan fingerprint density at radius 1 is 1.39 bits per heavy atom. The van der Waals surface area contributed by atoms with Gasteiger partial charge in [-0.3, -0.25) is 5.41 Å². The molecule has 1 aromatic rings. The Morgan fingerprint density at radius 2 is 2.17 bits per heavy atom. The maximum Gasteiger partial charge on any atom is 0.160 e. The van der Waals surface area contributed by atoms with Crippen LogP contribution in [0.25, 0.3) is 0 Å². The van der Waals surface area contributed by atoms with Crippen LogP contribution in [0.3, 0.4) is 0 Å². The van der Waals surface area contributed by atoms with E-state index in [1.165, 1.54) is 0 Å². The standard InChI is InChI=1S/C13H18N2O2S/c1-9(16-2)11-5-4-10(17-3)8-12(11)15-6-7-18-13(15)14/h4-5,8-9,14H,6-7H2,1-3H3. The third-order valence-corrected chi connectivity index (χ3v) is 4.00. The molecule has 1 aromatic carbocycles. The molecule has 5 heteroatoms. The molecule has 0 amide bonds. The summed E-state index contributed by atoms with van der Waals surface area (Å²) in [5.74, 6) is 1.76. The smallest absolute Gasteiger partial charge is 0.160 e. The van der Waals surface area contributed by atoms with E-state index in [0.29, 0.717) is 5.17 Å². The first-order valence-corrected chi connectivity index (χ1v) is 6.85. The molecule has 0 bridgehead atoms. The molecule has 1 heterocycles. The molecule has 1 fully saturated rings. The molecule has 0 aliphatic carbocycles. The van der Waals surface area contributed by atoms with Gasteiger partial charge in [-0.2, -0.15) is 0 Å². The van der Waals surface area contributed by atoms with Crippen LogP contribution in [0, 0.1) is 5.41 Å². The Morgan fingerprint density at radius 3 is 2.72 bits per heavy atom. The normalized spacial score (nSPS) is 17.1. The fourth-order valence-corrected chi connectivity index (χ4v) is 2.81. The SMILES string of the molecule is COc1ccc(C(C)OC)c(N2CCSC2=N)c1. The first-order valence-electron chi connectivity index (χ1n) is 5.87. The minimum Gasteiger partial charge on any atom is -0.497 e. The van der Waals surface area contributed by atoms with E-state index in [-0.39, 0.29) is 6.10 Å². The van der Waals surface area contributed by atoms with Gasteiger partial charge in [-0.15, -0.1) is 0 Å². The fraction of sp³-hybridized carbons (Fsp3) is 0.462. The van der Waals surface area contributed by atoms with Gasteiger partial charge in [-0.05, 0) is 13.0 Å². The molecule has 0 spiro atoms. The molecule has 18 heavy (non-hydrogen) atoms. The van der Waals surface area contributed by atoms with Crippen molar-refractivity contribution in [3.63, 3.8) is 0 Å². The summed E-state index contributed by atoms with van der Waals surface area (Å²) >= 11 is 1.57. The minimum atomic E-state index is 0.00399. The molecule has 1 aliphatic heterocycles. The Balaban J connectivity index is 2.43. The van der Waals surface area contributed by atoms with E-state index in [2.05, 4.69) is 0 Å². The molecule has 0 aromatic heterocycles. The Hall–Kier alpha value is -1.20. The number of benzene rings is 1. The van der Waals surface area contributed by atoms with E-state index in [1.807, 2.05) is 30.0 Å². The molecular formula is C13H18N2O2S. The number of nitrogens with zero attached hydrogens (tertiary/aromatic N) is 1. The van der Waals surface area contributed by atoms with Crippen LogP contribution >= 0.6 is 11.8 Å².